The van der Waals surface area contributed by atoms with E-state index in [2.05, 4.69) is 0 Å². The van der Waals surface area contributed by atoms with Crippen molar-refractivity contribution in [1.29, 1.82) is 0 Å². The molecule has 78 valence electrons. The molecule has 0 radical (unpaired) electrons. The fourth-order valence-corrected chi connectivity index (χ4v) is 1.38. The normalized spacial score (nSPS) is 12.7. The molecule has 0 saturated carbocycles. The Bertz CT molecular complexity index is 300. The zero-order chi connectivity index (χ0) is 10.7. The fourth-order valence-electron chi connectivity index (χ4n) is 1.38. The first-order chi connectivity index (χ1) is 6.50. The van der Waals surface area contributed by atoms with Gasteiger partial charge in [0.2, 0.25) is 0 Å². The van der Waals surface area contributed by atoms with Gasteiger partial charge >= 0.3 is 0 Å². The SMILES string of the molecule is CC(O)CCc1c(N)cc(N)cc1N. The van der Waals surface area contributed by atoms with Gasteiger partial charge in [0.15, 0.2) is 0 Å². The molecule has 0 heterocycles. The average molecular weight is 195 g/mol. The lowest BCUT2D eigenvalue weighted by Crippen LogP contribution is -2.06. The van der Waals surface area contributed by atoms with Gasteiger partial charge in [-0.25, -0.2) is 0 Å². The molecule has 0 aromatic heterocycles. The molecule has 0 aliphatic heterocycles. The van der Waals surface area contributed by atoms with E-state index in [1.807, 2.05) is 0 Å². The number of nitrogens with two attached hydrogens (primary N) is 3. The number of anilines is 3. The first-order valence-electron chi connectivity index (χ1n) is 4.62. The highest BCUT2D eigenvalue weighted by molar-refractivity contribution is 5.68. The predicted molar refractivity (Wildman–Crippen MR) is 59.7 cm³/mol. The molecule has 0 bridgehead atoms. The predicted octanol–water partition coefficient (Wildman–Crippen LogP) is 0.747. The number of hydrogen-bond acceptors (Lipinski definition) is 4. The molecule has 1 rings (SSSR count). The highest BCUT2D eigenvalue weighted by Gasteiger charge is 2.06. The Kier molecular flexibility index (Phi) is 3.19. The molecular formula is C10H17N3O. The molecule has 4 heteroatoms. The Morgan fingerprint density at radius 2 is 1.71 bits per heavy atom. The maximum atomic E-state index is 9.14. The summed E-state index contributed by atoms with van der Waals surface area (Å²) in [4.78, 5) is 0. The maximum Gasteiger partial charge on any atom is 0.0515 e. The summed E-state index contributed by atoms with van der Waals surface area (Å²) in [5.74, 6) is 0. The van der Waals surface area contributed by atoms with Crippen LogP contribution in [-0.2, 0) is 6.42 Å². The minimum atomic E-state index is -0.341. The fraction of sp³-hybridized carbons (Fsp3) is 0.400. The van der Waals surface area contributed by atoms with Gasteiger partial charge in [0, 0.05) is 17.1 Å². The minimum absolute atomic E-state index is 0.341. The zero-order valence-electron chi connectivity index (χ0n) is 8.33. The second-order valence-electron chi connectivity index (χ2n) is 3.57. The third-order valence-electron chi connectivity index (χ3n) is 2.15. The van der Waals surface area contributed by atoms with Crippen LogP contribution in [0.3, 0.4) is 0 Å². The third-order valence-corrected chi connectivity index (χ3v) is 2.15. The van der Waals surface area contributed by atoms with Crippen molar-refractivity contribution >= 4 is 17.1 Å². The second-order valence-corrected chi connectivity index (χ2v) is 3.57. The number of aliphatic hydroxyl groups is 1. The van der Waals surface area contributed by atoms with Gasteiger partial charge in [-0.1, -0.05) is 0 Å². The van der Waals surface area contributed by atoms with E-state index in [9.17, 15) is 0 Å². The summed E-state index contributed by atoms with van der Waals surface area (Å²) in [6.45, 7) is 1.74. The highest BCUT2D eigenvalue weighted by Crippen LogP contribution is 2.25. The van der Waals surface area contributed by atoms with Crippen LogP contribution < -0.4 is 17.2 Å². The number of aliphatic hydroxyl groups excluding tert-OH is 1. The molecule has 1 aromatic carbocycles. The van der Waals surface area contributed by atoms with E-state index in [1.54, 1.807) is 19.1 Å². The molecule has 14 heavy (non-hydrogen) atoms. The van der Waals surface area contributed by atoms with Gasteiger partial charge in [-0.05, 0) is 37.5 Å². The van der Waals surface area contributed by atoms with Gasteiger partial charge in [0.1, 0.15) is 0 Å². The molecule has 0 amide bonds. The molecule has 7 N–H and O–H groups in total. The van der Waals surface area contributed by atoms with E-state index in [4.69, 9.17) is 22.3 Å². The molecule has 1 aromatic rings. The zero-order valence-corrected chi connectivity index (χ0v) is 8.33. The number of nitrogen functional groups attached to an aromatic ring is 3. The molecule has 0 aliphatic rings. The van der Waals surface area contributed by atoms with Gasteiger partial charge < -0.3 is 22.3 Å². The van der Waals surface area contributed by atoms with Crippen molar-refractivity contribution in [2.75, 3.05) is 17.2 Å². The van der Waals surface area contributed by atoms with Gasteiger partial charge in [-0.2, -0.15) is 0 Å². The summed E-state index contributed by atoms with van der Waals surface area (Å²) in [5, 5.41) is 9.14. The van der Waals surface area contributed by atoms with Crippen molar-refractivity contribution in [3.05, 3.63) is 17.7 Å². The van der Waals surface area contributed by atoms with Crippen molar-refractivity contribution in [2.24, 2.45) is 0 Å². The van der Waals surface area contributed by atoms with Gasteiger partial charge in [0.05, 0.1) is 6.10 Å². The van der Waals surface area contributed by atoms with Crippen molar-refractivity contribution in [3.8, 4) is 0 Å². The largest absolute Gasteiger partial charge is 0.399 e. The molecule has 0 fully saturated rings. The third kappa shape index (κ3) is 2.53. The Balaban J connectivity index is 2.86. The number of benzene rings is 1. The summed E-state index contributed by atoms with van der Waals surface area (Å²) >= 11 is 0. The van der Waals surface area contributed by atoms with Crippen LogP contribution in [0.25, 0.3) is 0 Å². The monoisotopic (exact) mass is 195 g/mol. The summed E-state index contributed by atoms with van der Waals surface area (Å²) in [6.07, 6.45) is 0.986. The first kappa shape index (κ1) is 10.7. The summed E-state index contributed by atoms with van der Waals surface area (Å²) < 4.78 is 0. The van der Waals surface area contributed by atoms with Crippen LogP contribution in [-0.4, -0.2) is 11.2 Å². The minimum Gasteiger partial charge on any atom is -0.399 e. The van der Waals surface area contributed by atoms with Crippen LogP contribution in [0.15, 0.2) is 12.1 Å². The molecule has 0 saturated heterocycles. The van der Waals surface area contributed by atoms with Gasteiger partial charge in [0.25, 0.3) is 0 Å². The summed E-state index contributed by atoms with van der Waals surface area (Å²) in [5.41, 5.74) is 19.8. The Morgan fingerprint density at radius 3 is 2.14 bits per heavy atom. The lowest BCUT2D eigenvalue weighted by atomic mass is 10.0. The lowest BCUT2D eigenvalue weighted by molar-refractivity contribution is 0.185. The average Bonchev–Trinajstić information content (AvgIpc) is 2.01. The first-order valence-corrected chi connectivity index (χ1v) is 4.62. The topological polar surface area (TPSA) is 98.3 Å². The van der Waals surface area contributed by atoms with Crippen molar-refractivity contribution in [2.45, 2.75) is 25.9 Å². The van der Waals surface area contributed by atoms with E-state index in [0.29, 0.717) is 29.9 Å². The number of hydrogen-bond donors (Lipinski definition) is 4. The van der Waals surface area contributed by atoms with E-state index >= 15 is 0 Å². The summed E-state index contributed by atoms with van der Waals surface area (Å²) in [7, 11) is 0. The molecule has 1 atom stereocenters. The van der Waals surface area contributed by atoms with Crippen molar-refractivity contribution in [3.63, 3.8) is 0 Å². The smallest absolute Gasteiger partial charge is 0.0515 e. The van der Waals surface area contributed by atoms with Gasteiger partial charge in [-0.15, -0.1) is 0 Å². The van der Waals surface area contributed by atoms with Crippen LogP contribution in [0.1, 0.15) is 18.9 Å². The Morgan fingerprint density at radius 1 is 1.21 bits per heavy atom. The second kappa shape index (κ2) is 4.19. The standard InChI is InChI=1S/C10H17N3O/c1-6(14)2-3-8-9(12)4-7(11)5-10(8)13/h4-6,14H,2-3,11-13H2,1H3. The van der Waals surface area contributed by atoms with Crippen molar-refractivity contribution < 1.29 is 5.11 Å². The highest BCUT2D eigenvalue weighted by atomic mass is 16.3. The van der Waals surface area contributed by atoms with Crippen LogP contribution in [0.5, 0.6) is 0 Å². The molecule has 1 unspecified atom stereocenters. The maximum absolute atomic E-state index is 9.14. The molecule has 4 nitrogen and oxygen atoms in total. The lowest BCUT2D eigenvalue weighted by Gasteiger charge is -2.11. The Labute approximate surface area is 83.7 Å². The van der Waals surface area contributed by atoms with E-state index in [1.165, 1.54) is 0 Å². The van der Waals surface area contributed by atoms with Crippen molar-refractivity contribution in [1.82, 2.24) is 0 Å². The van der Waals surface area contributed by atoms with E-state index in [-0.39, 0.29) is 6.10 Å². The summed E-state index contributed by atoms with van der Waals surface area (Å²) in [6, 6.07) is 3.38. The number of rotatable bonds is 3. The van der Waals surface area contributed by atoms with Crippen LogP contribution in [0.2, 0.25) is 0 Å². The van der Waals surface area contributed by atoms with Crippen LogP contribution in [0, 0.1) is 0 Å². The molecule has 0 spiro atoms. The van der Waals surface area contributed by atoms with Gasteiger partial charge in [-0.3, -0.25) is 0 Å². The van der Waals surface area contributed by atoms with E-state index < -0.39 is 0 Å². The molecule has 0 aliphatic carbocycles. The van der Waals surface area contributed by atoms with E-state index in [0.717, 1.165) is 5.56 Å². The van der Waals surface area contributed by atoms with Crippen LogP contribution >= 0.6 is 0 Å². The quantitative estimate of drug-likeness (QED) is 0.535. The van der Waals surface area contributed by atoms with Crippen LogP contribution in [0.4, 0.5) is 17.1 Å². The Hall–Kier alpha value is -1.42. The molecular weight excluding hydrogens is 178 g/mol.